The van der Waals surface area contributed by atoms with Crippen LogP contribution in [0.5, 0.6) is 0 Å². The minimum atomic E-state index is -0.351. The lowest BCUT2D eigenvalue weighted by Crippen LogP contribution is -2.55. The number of aromatic nitrogens is 2. The van der Waals surface area contributed by atoms with Crippen molar-refractivity contribution < 1.29 is 14.6 Å². The molecule has 2 fully saturated rings. The Kier molecular flexibility index (Phi) is 5.69. The third-order valence-corrected chi connectivity index (χ3v) is 5.99. The molecule has 1 aromatic rings. The van der Waals surface area contributed by atoms with Crippen molar-refractivity contribution in [3.63, 3.8) is 0 Å². The molecule has 0 aliphatic carbocycles. The molecule has 3 rings (SSSR count). The lowest BCUT2D eigenvalue weighted by molar-refractivity contribution is -0.205. The summed E-state index contributed by atoms with van der Waals surface area (Å²) in [5, 5.41) is 10.4. The molecular weight excluding hydrogens is 356 g/mol. The Bertz CT molecular complexity index is 721. The number of anilines is 1. The van der Waals surface area contributed by atoms with E-state index in [1.54, 1.807) is 6.07 Å². The summed E-state index contributed by atoms with van der Waals surface area (Å²) in [6, 6.07) is 1.74. The van der Waals surface area contributed by atoms with Crippen LogP contribution in [0.4, 0.5) is 5.95 Å². The number of aliphatic hydroxyl groups is 1. The molecule has 28 heavy (non-hydrogen) atoms. The van der Waals surface area contributed by atoms with Crippen molar-refractivity contribution in [3.05, 3.63) is 17.5 Å². The molecule has 156 valence electrons. The predicted octanol–water partition coefficient (Wildman–Crippen LogP) is 2.74. The van der Waals surface area contributed by atoms with Gasteiger partial charge in [0.15, 0.2) is 0 Å². The van der Waals surface area contributed by atoms with Gasteiger partial charge in [-0.3, -0.25) is 4.79 Å². The van der Waals surface area contributed by atoms with Gasteiger partial charge in [-0.15, -0.1) is 0 Å². The molecule has 1 amide bonds. The molecule has 0 radical (unpaired) electrons. The molecule has 2 aliphatic heterocycles. The van der Waals surface area contributed by atoms with Crippen molar-refractivity contribution in [3.8, 4) is 0 Å². The van der Waals surface area contributed by atoms with Gasteiger partial charge in [-0.25, -0.2) is 9.97 Å². The topological polar surface area (TPSA) is 102 Å². The summed E-state index contributed by atoms with van der Waals surface area (Å²) in [7, 11) is 0. The second-order valence-corrected chi connectivity index (χ2v) is 9.73. The maximum absolute atomic E-state index is 13.0. The van der Waals surface area contributed by atoms with Crippen LogP contribution in [0.1, 0.15) is 82.4 Å². The van der Waals surface area contributed by atoms with Crippen LogP contribution in [0, 0.1) is 5.41 Å². The van der Waals surface area contributed by atoms with E-state index in [2.05, 4.69) is 30.7 Å². The summed E-state index contributed by atoms with van der Waals surface area (Å²) in [6.45, 7) is 11.6. The number of nitrogen functional groups attached to an aromatic ring is 1. The third kappa shape index (κ3) is 4.46. The van der Waals surface area contributed by atoms with E-state index in [-0.39, 0.29) is 41.0 Å². The number of rotatable bonds is 2. The van der Waals surface area contributed by atoms with Crippen LogP contribution in [0.3, 0.4) is 0 Å². The summed E-state index contributed by atoms with van der Waals surface area (Å²) in [5.41, 5.74) is 6.56. The number of amides is 1. The normalized spacial score (nSPS) is 25.3. The van der Waals surface area contributed by atoms with Crippen LogP contribution in [0.2, 0.25) is 0 Å². The number of carbonyl (C=O) groups excluding carboxylic acids is 1. The lowest BCUT2D eigenvalue weighted by Gasteiger charge is -2.50. The fraction of sp³-hybridized carbons (Fsp3) is 0.762. The van der Waals surface area contributed by atoms with Gasteiger partial charge < -0.3 is 20.5 Å². The Hall–Kier alpha value is -1.73. The van der Waals surface area contributed by atoms with Gasteiger partial charge in [0.2, 0.25) is 5.95 Å². The van der Waals surface area contributed by atoms with Crippen LogP contribution in [-0.4, -0.2) is 56.8 Å². The first-order valence-electron chi connectivity index (χ1n) is 10.3. The number of nitrogens with two attached hydrogens (primary N) is 1. The first kappa shape index (κ1) is 21.0. The van der Waals surface area contributed by atoms with E-state index in [0.717, 1.165) is 18.5 Å². The summed E-state index contributed by atoms with van der Waals surface area (Å²) in [6.07, 6.45) is 2.43. The van der Waals surface area contributed by atoms with Gasteiger partial charge in [-0.2, -0.15) is 0 Å². The fourth-order valence-electron chi connectivity index (χ4n) is 4.18. The van der Waals surface area contributed by atoms with E-state index in [1.165, 1.54) is 0 Å². The maximum Gasteiger partial charge on any atom is 0.272 e. The Morgan fingerprint density at radius 3 is 2.54 bits per heavy atom. The zero-order chi connectivity index (χ0) is 20.7. The Labute approximate surface area is 167 Å². The van der Waals surface area contributed by atoms with E-state index < -0.39 is 0 Å². The fourth-order valence-corrected chi connectivity index (χ4v) is 4.18. The first-order valence-corrected chi connectivity index (χ1v) is 10.3. The number of aliphatic hydroxyl groups excluding tert-OH is 1. The molecule has 1 spiro atoms. The van der Waals surface area contributed by atoms with Crippen molar-refractivity contribution >= 4 is 11.9 Å². The van der Waals surface area contributed by atoms with Gasteiger partial charge in [0.05, 0.1) is 17.8 Å². The van der Waals surface area contributed by atoms with Crippen molar-refractivity contribution in [2.75, 3.05) is 18.8 Å². The van der Waals surface area contributed by atoms with Crippen LogP contribution in [0.15, 0.2) is 6.07 Å². The number of carbonyl (C=O) groups is 1. The SMILES string of the molecule is CC(C)c1cc(C(=O)N2CCC3(CC2)C[C@H](O)C[C@H](C(C)(C)C)O3)nc(N)n1. The highest BCUT2D eigenvalue weighted by molar-refractivity contribution is 5.92. The van der Waals surface area contributed by atoms with Crippen molar-refractivity contribution in [2.45, 2.75) is 84.0 Å². The van der Waals surface area contributed by atoms with Crippen LogP contribution in [-0.2, 0) is 4.74 Å². The van der Waals surface area contributed by atoms with Crippen molar-refractivity contribution in [1.29, 1.82) is 0 Å². The van der Waals surface area contributed by atoms with Gasteiger partial charge in [-0.05, 0) is 30.2 Å². The zero-order valence-corrected chi connectivity index (χ0v) is 17.7. The van der Waals surface area contributed by atoms with Crippen LogP contribution >= 0.6 is 0 Å². The van der Waals surface area contributed by atoms with Gasteiger partial charge in [0.1, 0.15) is 5.69 Å². The molecule has 1 aromatic heterocycles. The van der Waals surface area contributed by atoms with Crippen LogP contribution in [0.25, 0.3) is 0 Å². The minimum absolute atomic E-state index is 0.0207. The maximum atomic E-state index is 13.0. The molecule has 0 bridgehead atoms. The molecule has 7 nitrogen and oxygen atoms in total. The molecule has 2 saturated heterocycles. The van der Waals surface area contributed by atoms with E-state index in [4.69, 9.17) is 10.5 Å². The number of piperidine rings is 1. The average Bonchev–Trinajstić information content (AvgIpc) is 2.60. The number of nitrogens with zero attached hydrogens (tertiary/aromatic N) is 3. The number of hydrogen-bond donors (Lipinski definition) is 2. The van der Waals surface area contributed by atoms with Crippen molar-refractivity contribution in [2.24, 2.45) is 5.41 Å². The van der Waals surface area contributed by atoms with Crippen molar-refractivity contribution in [1.82, 2.24) is 14.9 Å². The first-order chi connectivity index (χ1) is 13.0. The highest BCUT2D eigenvalue weighted by Crippen LogP contribution is 2.42. The lowest BCUT2D eigenvalue weighted by atomic mass is 9.76. The van der Waals surface area contributed by atoms with E-state index in [1.807, 2.05) is 18.7 Å². The summed E-state index contributed by atoms with van der Waals surface area (Å²) < 4.78 is 6.51. The summed E-state index contributed by atoms with van der Waals surface area (Å²) in [4.78, 5) is 23.2. The molecule has 2 aliphatic rings. The van der Waals surface area contributed by atoms with E-state index in [9.17, 15) is 9.90 Å². The predicted molar refractivity (Wildman–Crippen MR) is 108 cm³/mol. The molecule has 7 heteroatoms. The average molecular weight is 391 g/mol. The summed E-state index contributed by atoms with van der Waals surface area (Å²) >= 11 is 0. The number of likely N-dealkylation sites (tertiary alicyclic amines) is 1. The molecule has 3 heterocycles. The van der Waals surface area contributed by atoms with Crippen LogP contribution < -0.4 is 5.73 Å². The Balaban J connectivity index is 1.70. The largest absolute Gasteiger partial charge is 0.393 e. The number of hydrogen-bond acceptors (Lipinski definition) is 6. The van der Waals surface area contributed by atoms with Gasteiger partial charge in [0, 0.05) is 31.6 Å². The van der Waals surface area contributed by atoms with E-state index in [0.29, 0.717) is 31.6 Å². The standard InChI is InChI=1S/C21H34N4O3/c1-13(2)15-11-16(24-19(22)23-15)18(27)25-8-6-21(7-9-25)12-14(26)10-17(28-21)20(3,4)5/h11,13-14,17,26H,6-10,12H2,1-5H3,(H2,22,23,24)/t14-,17-/m1/s1. The minimum Gasteiger partial charge on any atom is -0.393 e. The second kappa shape index (κ2) is 7.59. The smallest absolute Gasteiger partial charge is 0.272 e. The molecule has 0 saturated carbocycles. The zero-order valence-electron chi connectivity index (χ0n) is 17.7. The van der Waals surface area contributed by atoms with Gasteiger partial charge >= 0.3 is 0 Å². The summed E-state index contributed by atoms with van der Waals surface area (Å²) in [5.74, 6) is 0.192. The Morgan fingerprint density at radius 1 is 1.32 bits per heavy atom. The third-order valence-electron chi connectivity index (χ3n) is 5.99. The van der Waals surface area contributed by atoms with Gasteiger partial charge in [0.25, 0.3) is 5.91 Å². The number of ether oxygens (including phenoxy) is 1. The molecule has 0 unspecified atom stereocenters. The highest BCUT2D eigenvalue weighted by atomic mass is 16.5. The second-order valence-electron chi connectivity index (χ2n) is 9.73. The molecule has 0 aromatic carbocycles. The monoisotopic (exact) mass is 390 g/mol. The molecule has 2 atom stereocenters. The molecule has 3 N–H and O–H groups in total. The quantitative estimate of drug-likeness (QED) is 0.805. The van der Waals surface area contributed by atoms with E-state index >= 15 is 0 Å². The van der Waals surface area contributed by atoms with Gasteiger partial charge in [-0.1, -0.05) is 34.6 Å². The highest BCUT2D eigenvalue weighted by Gasteiger charge is 2.46. The Morgan fingerprint density at radius 2 is 1.96 bits per heavy atom. The molecular formula is C21H34N4O3.